The number of nitrogens with zero attached hydrogens (tertiary/aromatic N) is 1. The van der Waals surface area contributed by atoms with Gasteiger partial charge in [0.15, 0.2) is 10.9 Å². The number of carboxylic acid groups (broad SMARTS) is 1. The van der Waals surface area contributed by atoms with Crippen molar-refractivity contribution in [3.63, 3.8) is 0 Å². The average molecular weight is 491 g/mol. The third-order valence-corrected chi connectivity index (χ3v) is 6.64. The first kappa shape index (κ1) is 24.3. The molecule has 0 spiro atoms. The van der Waals surface area contributed by atoms with Crippen molar-refractivity contribution in [3.8, 4) is 0 Å². The molecular formula is C26H26N4O4S. The van der Waals surface area contributed by atoms with Gasteiger partial charge in [0.1, 0.15) is 11.4 Å². The minimum atomic E-state index is -1.05. The Morgan fingerprint density at radius 2 is 1.94 bits per heavy atom. The lowest BCUT2D eigenvalue weighted by atomic mass is 9.95. The van der Waals surface area contributed by atoms with E-state index in [1.165, 1.54) is 11.3 Å². The number of benzene rings is 2. The van der Waals surface area contributed by atoms with Crippen LogP contribution < -0.4 is 11.1 Å². The summed E-state index contributed by atoms with van der Waals surface area (Å²) in [7, 11) is 0. The largest absolute Gasteiger partial charge is 0.477 e. The van der Waals surface area contributed by atoms with E-state index in [9.17, 15) is 19.5 Å². The quantitative estimate of drug-likeness (QED) is 0.235. The van der Waals surface area contributed by atoms with E-state index in [4.69, 9.17) is 5.73 Å². The third-order valence-electron chi connectivity index (χ3n) is 5.88. The number of H-pyrrole nitrogens is 1. The maximum absolute atomic E-state index is 12.9. The lowest BCUT2D eigenvalue weighted by molar-refractivity contribution is 0.0689. The van der Waals surface area contributed by atoms with Crippen LogP contribution in [-0.2, 0) is 6.42 Å². The SMILES string of the molecule is CC(CC(=O)c1csc(NC(=O)c2ccc3[nH]c(C(=O)O)c(CCCN)c3c2)n1)c1ccccc1. The number of aromatic amines is 1. The number of aromatic nitrogens is 2. The molecular weight excluding hydrogens is 464 g/mol. The van der Waals surface area contributed by atoms with Crippen LogP contribution in [0, 0.1) is 0 Å². The summed E-state index contributed by atoms with van der Waals surface area (Å²) < 4.78 is 0. The van der Waals surface area contributed by atoms with Gasteiger partial charge in [0.05, 0.1) is 0 Å². The Hall–Kier alpha value is -3.82. The number of aromatic carboxylic acids is 1. The molecule has 0 bridgehead atoms. The molecule has 35 heavy (non-hydrogen) atoms. The van der Waals surface area contributed by atoms with Gasteiger partial charge in [-0.1, -0.05) is 37.3 Å². The van der Waals surface area contributed by atoms with Crippen LogP contribution in [0.1, 0.15) is 68.1 Å². The molecule has 0 fully saturated rings. The highest BCUT2D eigenvalue weighted by Gasteiger charge is 2.20. The fraction of sp³-hybridized carbons (Fsp3) is 0.231. The van der Waals surface area contributed by atoms with E-state index in [2.05, 4.69) is 15.3 Å². The van der Waals surface area contributed by atoms with Crippen molar-refractivity contribution in [2.45, 2.75) is 32.1 Å². The first-order chi connectivity index (χ1) is 16.9. The second kappa shape index (κ2) is 10.6. The highest BCUT2D eigenvalue weighted by atomic mass is 32.1. The number of carboxylic acids is 1. The van der Waals surface area contributed by atoms with Crippen molar-refractivity contribution in [3.05, 3.63) is 82.0 Å². The van der Waals surface area contributed by atoms with Crippen molar-refractivity contribution in [1.82, 2.24) is 9.97 Å². The van der Waals surface area contributed by atoms with Gasteiger partial charge in [-0.2, -0.15) is 0 Å². The van der Waals surface area contributed by atoms with Gasteiger partial charge in [-0.3, -0.25) is 14.9 Å². The number of hydrogen-bond donors (Lipinski definition) is 4. The molecule has 1 amide bonds. The van der Waals surface area contributed by atoms with Crippen molar-refractivity contribution in [1.29, 1.82) is 0 Å². The zero-order valence-corrected chi connectivity index (χ0v) is 20.0. The molecule has 9 heteroatoms. The number of amides is 1. The molecule has 0 aliphatic rings. The van der Waals surface area contributed by atoms with Crippen molar-refractivity contribution < 1.29 is 19.5 Å². The standard InChI is InChI=1S/C26H26N4O4S/c1-15(16-6-3-2-4-7-16)12-22(31)21-14-35-26(29-21)30-24(32)17-9-10-20-19(13-17)18(8-5-11-27)23(28-20)25(33)34/h2-4,6-7,9-10,13-15,28H,5,8,11-12,27H2,1H3,(H,33,34)(H,29,30,32). The number of anilines is 1. The molecule has 4 rings (SSSR count). The van der Waals surface area contributed by atoms with Gasteiger partial charge >= 0.3 is 5.97 Å². The van der Waals surface area contributed by atoms with Crippen LogP contribution in [0.3, 0.4) is 0 Å². The number of carbonyl (C=O) groups excluding carboxylic acids is 2. The summed E-state index contributed by atoms with van der Waals surface area (Å²) in [6.07, 6.45) is 1.44. The summed E-state index contributed by atoms with van der Waals surface area (Å²) in [5, 5.41) is 14.9. The zero-order chi connectivity index (χ0) is 24.9. The molecule has 2 aromatic heterocycles. The molecule has 4 aromatic rings. The van der Waals surface area contributed by atoms with Crippen molar-refractivity contribution in [2.24, 2.45) is 5.73 Å². The summed E-state index contributed by atoms with van der Waals surface area (Å²) in [5.74, 6) is -1.47. The number of fused-ring (bicyclic) bond motifs is 1. The monoisotopic (exact) mass is 490 g/mol. The summed E-state index contributed by atoms with van der Waals surface area (Å²) in [4.78, 5) is 44.5. The molecule has 0 saturated heterocycles. The lowest BCUT2D eigenvalue weighted by Gasteiger charge is -2.09. The van der Waals surface area contributed by atoms with Gasteiger partial charge in [-0.25, -0.2) is 9.78 Å². The van der Waals surface area contributed by atoms with Crippen molar-refractivity contribution >= 4 is 45.0 Å². The lowest BCUT2D eigenvalue weighted by Crippen LogP contribution is -2.12. The molecule has 5 N–H and O–H groups in total. The minimum absolute atomic E-state index is 0.0562. The van der Waals surface area contributed by atoms with Gasteiger partial charge in [-0.15, -0.1) is 11.3 Å². The first-order valence-corrected chi connectivity index (χ1v) is 12.2. The Morgan fingerprint density at radius 1 is 1.17 bits per heavy atom. The molecule has 0 radical (unpaired) electrons. The predicted octanol–water partition coefficient (Wildman–Crippen LogP) is 4.84. The normalized spacial score (nSPS) is 11.9. The summed E-state index contributed by atoms with van der Waals surface area (Å²) in [6, 6.07) is 14.8. The molecule has 0 saturated carbocycles. The number of hydrogen-bond acceptors (Lipinski definition) is 6. The second-order valence-electron chi connectivity index (χ2n) is 8.37. The van der Waals surface area contributed by atoms with Crippen LogP contribution in [0.5, 0.6) is 0 Å². The molecule has 2 heterocycles. The Labute approximate surface area is 206 Å². The molecule has 0 aliphatic carbocycles. The van der Waals surface area contributed by atoms with Gasteiger partial charge in [-0.05, 0) is 54.6 Å². The Morgan fingerprint density at radius 3 is 2.66 bits per heavy atom. The van der Waals surface area contributed by atoms with Crippen LogP contribution in [0.2, 0.25) is 0 Å². The maximum atomic E-state index is 12.9. The van der Waals surface area contributed by atoms with Crippen molar-refractivity contribution in [2.75, 3.05) is 11.9 Å². The predicted molar refractivity (Wildman–Crippen MR) is 137 cm³/mol. The van der Waals surface area contributed by atoms with Gasteiger partial charge in [0, 0.05) is 28.3 Å². The number of nitrogens with one attached hydrogen (secondary N) is 2. The Bertz CT molecular complexity index is 1380. The van der Waals surface area contributed by atoms with E-state index in [1.54, 1.807) is 23.6 Å². The molecule has 0 aliphatic heterocycles. The van der Waals surface area contributed by atoms with Gasteiger partial charge < -0.3 is 15.8 Å². The summed E-state index contributed by atoms with van der Waals surface area (Å²) in [6.45, 7) is 2.43. The average Bonchev–Trinajstić information content (AvgIpc) is 3.47. The smallest absolute Gasteiger partial charge is 0.352 e. The fourth-order valence-corrected chi connectivity index (χ4v) is 4.73. The zero-order valence-electron chi connectivity index (χ0n) is 19.2. The van der Waals surface area contributed by atoms with Crippen LogP contribution >= 0.6 is 11.3 Å². The fourth-order valence-electron chi connectivity index (χ4n) is 4.02. The van der Waals surface area contributed by atoms with Crippen LogP contribution in [-0.4, -0.2) is 39.3 Å². The maximum Gasteiger partial charge on any atom is 0.352 e. The van der Waals surface area contributed by atoms with Crippen LogP contribution in [0.4, 0.5) is 5.13 Å². The van der Waals surface area contributed by atoms with E-state index in [1.807, 2.05) is 37.3 Å². The van der Waals surface area contributed by atoms with Crippen LogP contribution in [0.15, 0.2) is 53.9 Å². The topological polar surface area (TPSA) is 138 Å². The number of nitrogens with two attached hydrogens (primary N) is 1. The molecule has 1 unspecified atom stereocenters. The molecule has 2 aromatic carbocycles. The molecule has 1 atom stereocenters. The number of Topliss-reactive ketones (excluding diaryl/α,β-unsaturated/α-hetero) is 1. The minimum Gasteiger partial charge on any atom is -0.477 e. The number of aryl methyl sites for hydroxylation is 1. The highest BCUT2D eigenvalue weighted by Crippen LogP contribution is 2.27. The van der Waals surface area contributed by atoms with E-state index >= 15 is 0 Å². The molecule has 8 nitrogen and oxygen atoms in total. The number of thiazole rings is 1. The van der Waals surface area contributed by atoms with Gasteiger partial charge in [0.25, 0.3) is 5.91 Å². The van der Waals surface area contributed by atoms with E-state index in [-0.39, 0.29) is 23.3 Å². The Kier molecular flexibility index (Phi) is 7.38. The third kappa shape index (κ3) is 5.47. The van der Waals surface area contributed by atoms with Crippen LogP contribution in [0.25, 0.3) is 10.9 Å². The number of ketones is 1. The van der Waals surface area contributed by atoms with E-state index in [0.29, 0.717) is 58.7 Å². The van der Waals surface area contributed by atoms with E-state index < -0.39 is 5.97 Å². The second-order valence-corrected chi connectivity index (χ2v) is 9.23. The highest BCUT2D eigenvalue weighted by molar-refractivity contribution is 7.14. The molecule has 180 valence electrons. The summed E-state index contributed by atoms with van der Waals surface area (Å²) >= 11 is 1.19. The Balaban J connectivity index is 1.48. The first-order valence-electron chi connectivity index (χ1n) is 11.3. The van der Waals surface area contributed by atoms with Gasteiger partial charge in [0.2, 0.25) is 0 Å². The van der Waals surface area contributed by atoms with E-state index in [0.717, 1.165) is 5.56 Å². The summed E-state index contributed by atoms with van der Waals surface area (Å²) in [5.41, 5.74) is 8.76. The number of rotatable bonds is 10. The number of carbonyl (C=O) groups is 3.